The minimum absolute atomic E-state index is 0.110. The summed E-state index contributed by atoms with van der Waals surface area (Å²) in [6.45, 7) is 0.519. The van der Waals surface area contributed by atoms with Crippen LogP contribution in [0, 0.1) is 0 Å². The number of rotatable bonds is 4. The number of hydrogen-bond donors (Lipinski definition) is 0. The highest BCUT2D eigenvalue weighted by Gasteiger charge is 2.40. The van der Waals surface area contributed by atoms with Crippen LogP contribution in [0.2, 0.25) is 0 Å². The average Bonchev–Trinajstić information content (AvgIpc) is 2.24. The van der Waals surface area contributed by atoms with Gasteiger partial charge in [0.25, 0.3) is 0 Å². The molecule has 0 aliphatic carbocycles. The number of halogens is 3. The van der Waals surface area contributed by atoms with Gasteiger partial charge in [0.05, 0.1) is 12.7 Å². The molecule has 0 aromatic heterocycles. The number of hydrogen-bond acceptors (Lipinski definition) is 3. The van der Waals surface area contributed by atoms with Gasteiger partial charge < -0.3 is 9.47 Å². The summed E-state index contributed by atoms with van der Waals surface area (Å²) in [5.41, 5.74) is 0. The molecule has 0 radical (unpaired) electrons. The second-order valence-electron chi connectivity index (χ2n) is 3.76. The van der Waals surface area contributed by atoms with Crippen LogP contribution in [-0.2, 0) is 14.3 Å². The van der Waals surface area contributed by atoms with Crippen LogP contribution >= 0.6 is 0 Å². The first-order chi connectivity index (χ1) is 7.50. The number of alkyl halides is 3. The zero-order chi connectivity index (χ0) is 12.0. The molecule has 1 fully saturated rings. The molecular formula is C10H15F3O3. The summed E-state index contributed by atoms with van der Waals surface area (Å²) in [6, 6.07) is 0. The Bertz CT molecular complexity index is 222. The molecule has 0 bridgehead atoms. The predicted octanol–water partition coefficient (Wildman–Crippen LogP) is 2.44. The summed E-state index contributed by atoms with van der Waals surface area (Å²) >= 11 is 0. The molecule has 1 unspecified atom stereocenters. The Balaban J connectivity index is 2.05. The molecule has 1 aliphatic heterocycles. The van der Waals surface area contributed by atoms with Gasteiger partial charge in [0.2, 0.25) is 0 Å². The topological polar surface area (TPSA) is 35.5 Å². The fourth-order valence-corrected chi connectivity index (χ4v) is 1.59. The smallest absolute Gasteiger partial charge is 0.459 e. The Kier molecular flexibility index (Phi) is 5.05. The molecule has 1 aliphatic rings. The van der Waals surface area contributed by atoms with Crippen LogP contribution in [0.3, 0.4) is 0 Å². The first kappa shape index (κ1) is 13.3. The summed E-state index contributed by atoms with van der Waals surface area (Å²) in [6.07, 6.45) is -0.656. The minimum atomic E-state index is -4.89. The number of carbonyl (C=O) groups is 1. The Morgan fingerprint density at radius 1 is 1.38 bits per heavy atom. The largest absolute Gasteiger partial charge is 0.490 e. The van der Waals surface area contributed by atoms with Crippen LogP contribution in [-0.4, -0.2) is 31.5 Å². The quantitative estimate of drug-likeness (QED) is 0.559. The van der Waals surface area contributed by atoms with E-state index in [1.807, 2.05) is 0 Å². The van der Waals surface area contributed by atoms with Crippen LogP contribution in [0.15, 0.2) is 0 Å². The fraction of sp³-hybridized carbons (Fsp3) is 0.900. The highest BCUT2D eigenvalue weighted by Crippen LogP contribution is 2.18. The van der Waals surface area contributed by atoms with E-state index in [0.29, 0.717) is 19.4 Å². The summed E-state index contributed by atoms with van der Waals surface area (Å²) in [5, 5.41) is 0. The van der Waals surface area contributed by atoms with Gasteiger partial charge in [-0.2, -0.15) is 13.2 Å². The van der Waals surface area contributed by atoms with Crippen molar-refractivity contribution in [1.29, 1.82) is 0 Å². The van der Waals surface area contributed by atoms with Crippen LogP contribution in [0.25, 0.3) is 0 Å². The lowest BCUT2D eigenvalue weighted by Gasteiger charge is -2.22. The Morgan fingerprint density at radius 3 is 2.69 bits per heavy atom. The lowest BCUT2D eigenvalue weighted by atomic mass is 10.1. The summed E-state index contributed by atoms with van der Waals surface area (Å²) in [7, 11) is 0. The molecule has 16 heavy (non-hydrogen) atoms. The van der Waals surface area contributed by atoms with E-state index in [0.717, 1.165) is 19.3 Å². The Morgan fingerprint density at radius 2 is 2.12 bits per heavy atom. The molecule has 0 spiro atoms. The molecule has 0 aromatic carbocycles. The van der Waals surface area contributed by atoms with Crippen molar-refractivity contribution in [3.05, 3.63) is 0 Å². The van der Waals surface area contributed by atoms with E-state index in [1.165, 1.54) is 0 Å². The third-order valence-electron chi connectivity index (χ3n) is 2.41. The van der Waals surface area contributed by atoms with Crippen molar-refractivity contribution in [2.24, 2.45) is 0 Å². The highest BCUT2D eigenvalue weighted by atomic mass is 19.4. The average molecular weight is 240 g/mol. The van der Waals surface area contributed by atoms with Gasteiger partial charge in [0.1, 0.15) is 0 Å². The van der Waals surface area contributed by atoms with E-state index in [2.05, 4.69) is 4.74 Å². The normalized spacial score (nSPS) is 21.8. The van der Waals surface area contributed by atoms with E-state index in [-0.39, 0.29) is 12.7 Å². The molecule has 1 heterocycles. The molecule has 94 valence electrons. The first-order valence-electron chi connectivity index (χ1n) is 5.35. The molecule has 6 heteroatoms. The zero-order valence-electron chi connectivity index (χ0n) is 8.89. The van der Waals surface area contributed by atoms with E-state index in [4.69, 9.17) is 4.74 Å². The SMILES string of the molecule is O=C(OCCCC1CCCCO1)C(F)(F)F. The van der Waals surface area contributed by atoms with Gasteiger partial charge in [0, 0.05) is 6.61 Å². The van der Waals surface area contributed by atoms with Crippen molar-refractivity contribution in [2.45, 2.75) is 44.4 Å². The van der Waals surface area contributed by atoms with Crippen molar-refractivity contribution in [2.75, 3.05) is 13.2 Å². The number of carbonyl (C=O) groups excluding carboxylic acids is 1. The summed E-state index contributed by atoms with van der Waals surface area (Å²) < 4.78 is 44.7. The molecule has 0 saturated carbocycles. The highest BCUT2D eigenvalue weighted by molar-refractivity contribution is 5.75. The van der Waals surface area contributed by atoms with Gasteiger partial charge in [-0.15, -0.1) is 0 Å². The minimum Gasteiger partial charge on any atom is -0.459 e. The van der Waals surface area contributed by atoms with Crippen molar-refractivity contribution >= 4 is 5.97 Å². The van der Waals surface area contributed by atoms with E-state index in [1.54, 1.807) is 0 Å². The van der Waals surface area contributed by atoms with Gasteiger partial charge in [-0.1, -0.05) is 0 Å². The first-order valence-corrected chi connectivity index (χ1v) is 5.35. The molecule has 1 saturated heterocycles. The van der Waals surface area contributed by atoms with Crippen LogP contribution < -0.4 is 0 Å². The third kappa shape index (κ3) is 4.83. The summed E-state index contributed by atoms with van der Waals surface area (Å²) in [4.78, 5) is 10.3. The summed E-state index contributed by atoms with van der Waals surface area (Å²) in [5.74, 6) is -2.11. The maximum Gasteiger partial charge on any atom is 0.490 e. The van der Waals surface area contributed by atoms with Crippen molar-refractivity contribution in [3.63, 3.8) is 0 Å². The molecule has 1 rings (SSSR count). The van der Waals surface area contributed by atoms with Crippen molar-refractivity contribution in [3.8, 4) is 0 Å². The van der Waals surface area contributed by atoms with E-state index < -0.39 is 12.1 Å². The molecule has 1 atom stereocenters. The maximum absolute atomic E-state index is 11.7. The van der Waals surface area contributed by atoms with Crippen LogP contribution in [0.1, 0.15) is 32.1 Å². The maximum atomic E-state index is 11.7. The Hall–Kier alpha value is -0.780. The monoisotopic (exact) mass is 240 g/mol. The number of esters is 1. The van der Waals surface area contributed by atoms with Crippen LogP contribution in [0.4, 0.5) is 13.2 Å². The third-order valence-corrected chi connectivity index (χ3v) is 2.41. The van der Waals surface area contributed by atoms with Gasteiger partial charge in [0.15, 0.2) is 0 Å². The number of ether oxygens (including phenoxy) is 2. The van der Waals surface area contributed by atoms with Crippen molar-refractivity contribution < 1.29 is 27.4 Å². The Labute approximate surface area is 91.9 Å². The lowest BCUT2D eigenvalue weighted by molar-refractivity contribution is -0.199. The van der Waals surface area contributed by atoms with Gasteiger partial charge in [-0.05, 0) is 32.1 Å². The molecule has 3 nitrogen and oxygen atoms in total. The molecular weight excluding hydrogens is 225 g/mol. The standard InChI is InChI=1S/C10H15F3O3/c11-10(12,13)9(14)16-7-3-5-8-4-1-2-6-15-8/h8H,1-7H2. The molecule has 0 amide bonds. The van der Waals surface area contributed by atoms with Gasteiger partial charge in [-0.3, -0.25) is 0 Å². The lowest BCUT2D eigenvalue weighted by Crippen LogP contribution is -2.26. The van der Waals surface area contributed by atoms with E-state index >= 15 is 0 Å². The second kappa shape index (κ2) is 6.08. The van der Waals surface area contributed by atoms with E-state index in [9.17, 15) is 18.0 Å². The van der Waals surface area contributed by atoms with Crippen molar-refractivity contribution in [1.82, 2.24) is 0 Å². The molecule has 0 aromatic rings. The molecule has 0 N–H and O–H groups in total. The van der Waals surface area contributed by atoms with Gasteiger partial charge >= 0.3 is 12.1 Å². The van der Waals surface area contributed by atoms with Crippen LogP contribution in [0.5, 0.6) is 0 Å². The van der Waals surface area contributed by atoms with Gasteiger partial charge in [-0.25, -0.2) is 4.79 Å². The fourth-order valence-electron chi connectivity index (χ4n) is 1.59. The predicted molar refractivity (Wildman–Crippen MR) is 49.8 cm³/mol. The zero-order valence-corrected chi connectivity index (χ0v) is 8.89. The second-order valence-corrected chi connectivity index (χ2v) is 3.76.